The van der Waals surface area contributed by atoms with Gasteiger partial charge in [0.25, 0.3) is 0 Å². The van der Waals surface area contributed by atoms with E-state index in [2.05, 4.69) is 29.1 Å². The molecule has 2 rings (SSSR count). The van der Waals surface area contributed by atoms with Gasteiger partial charge < -0.3 is 15.0 Å². The molecule has 6 nitrogen and oxygen atoms in total. The number of piperidine rings is 1. The van der Waals surface area contributed by atoms with E-state index in [0.29, 0.717) is 18.6 Å². The van der Waals surface area contributed by atoms with Crippen LogP contribution in [-0.4, -0.2) is 46.7 Å². The zero-order chi connectivity index (χ0) is 15.9. The van der Waals surface area contributed by atoms with Crippen molar-refractivity contribution >= 4 is 11.9 Å². The van der Waals surface area contributed by atoms with Gasteiger partial charge in [-0.25, -0.2) is 14.8 Å². The molecule has 0 radical (unpaired) electrons. The van der Waals surface area contributed by atoms with Gasteiger partial charge in [0.1, 0.15) is 12.1 Å². The molecule has 0 saturated carbocycles. The van der Waals surface area contributed by atoms with E-state index in [0.717, 1.165) is 43.9 Å². The summed E-state index contributed by atoms with van der Waals surface area (Å²) in [5, 5.41) is 3.46. The molecular weight excluding hydrogens is 280 g/mol. The first-order valence-electron chi connectivity index (χ1n) is 8.07. The molecule has 122 valence electrons. The number of nitrogens with zero attached hydrogens (tertiary/aromatic N) is 3. The smallest absolute Gasteiger partial charge is 0.409 e. The molecule has 1 aliphatic rings. The molecular formula is C16H26N4O2. The van der Waals surface area contributed by atoms with E-state index in [1.165, 1.54) is 0 Å². The summed E-state index contributed by atoms with van der Waals surface area (Å²) in [5.41, 5.74) is 1.07. The highest BCUT2D eigenvalue weighted by Crippen LogP contribution is 2.17. The van der Waals surface area contributed by atoms with Gasteiger partial charge in [-0.15, -0.1) is 0 Å². The van der Waals surface area contributed by atoms with E-state index in [9.17, 15) is 4.79 Å². The van der Waals surface area contributed by atoms with Gasteiger partial charge in [-0.3, -0.25) is 0 Å². The Balaban J connectivity index is 1.84. The lowest BCUT2D eigenvalue weighted by molar-refractivity contribution is 0.0983. The highest BCUT2D eigenvalue weighted by molar-refractivity contribution is 5.67. The third-order valence-corrected chi connectivity index (χ3v) is 3.71. The van der Waals surface area contributed by atoms with E-state index in [1.807, 2.05) is 13.0 Å². The molecule has 1 aromatic rings. The number of amides is 1. The summed E-state index contributed by atoms with van der Waals surface area (Å²) in [4.78, 5) is 22.0. The first-order valence-corrected chi connectivity index (χ1v) is 8.07. The fraction of sp³-hybridized carbons (Fsp3) is 0.688. The third kappa shape index (κ3) is 4.86. The van der Waals surface area contributed by atoms with Crippen LogP contribution in [-0.2, 0) is 11.2 Å². The Kier molecular flexibility index (Phi) is 5.98. The average molecular weight is 306 g/mol. The van der Waals surface area contributed by atoms with Crippen LogP contribution in [0.25, 0.3) is 0 Å². The number of anilines is 1. The Bertz CT molecular complexity index is 485. The second-order valence-electron chi connectivity index (χ2n) is 6.10. The average Bonchev–Trinajstić information content (AvgIpc) is 2.48. The molecule has 0 aromatic carbocycles. The number of hydrogen-bond donors (Lipinski definition) is 1. The van der Waals surface area contributed by atoms with Crippen LogP contribution >= 0.6 is 0 Å². The zero-order valence-corrected chi connectivity index (χ0v) is 13.7. The van der Waals surface area contributed by atoms with Crippen molar-refractivity contribution in [3.8, 4) is 0 Å². The van der Waals surface area contributed by atoms with E-state index < -0.39 is 0 Å². The maximum Gasteiger partial charge on any atom is 0.409 e. The summed E-state index contributed by atoms with van der Waals surface area (Å²) < 4.78 is 5.03. The van der Waals surface area contributed by atoms with Crippen molar-refractivity contribution < 1.29 is 9.53 Å². The van der Waals surface area contributed by atoms with Crippen LogP contribution in [0.3, 0.4) is 0 Å². The van der Waals surface area contributed by atoms with Crippen LogP contribution in [0.4, 0.5) is 10.6 Å². The van der Waals surface area contributed by atoms with Gasteiger partial charge in [0.05, 0.1) is 6.61 Å². The lowest BCUT2D eigenvalue weighted by atomic mass is 10.1. The summed E-state index contributed by atoms with van der Waals surface area (Å²) in [5.74, 6) is 1.45. The molecule has 22 heavy (non-hydrogen) atoms. The Morgan fingerprint density at radius 2 is 2.14 bits per heavy atom. The van der Waals surface area contributed by atoms with Crippen molar-refractivity contribution in [2.75, 3.05) is 25.0 Å². The Morgan fingerprint density at radius 1 is 1.41 bits per heavy atom. The summed E-state index contributed by atoms with van der Waals surface area (Å²) in [6.45, 7) is 8.06. The Labute approximate surface area is 132 Å². The van der Waals surface area contributed by atoms with Crippen molar-refractivity contribution in [1.82, 2.24) is 14.9 Å². The molecule has 2 heterocycles. The van der Waals surface area contributed by atoms with Gasteiger partial charge in [-0.1, -0.05) is 13.8 Å². The molecule has 1 N–H and O–H groups in total. The van der Waals surface area contributed by atoms with Gasteiger partial charge in [0, 0.05) is 30.9 Å². The van der Waals surface area contributed by atoms with E-state index in [4.69, 9.17) is 4.74 Å². The van der Waals surface area contributed by atoms with Crippen molar-refractivity contribution in [1.29, 1.82) is 0 Å². The predicted molar refractivity (Wildman–Crippen MR) is 85.8 cm³/mol. The standard InChI is InChI=1S/C16H26N4O2/c1-4-22-16(21)20-7-5-13(6-8-20)19-15-10-14(9-12(2)3)17-11-18-15/h10-13H,4-9H2,1-3H3,(H,17,18,19). The molecule has 0 spiro atoms. The highest BCUT2D eigenvalue weighted by atomic mass is 16.6. The quantitative estimate of drug-likeness (QED) is 0.906. The second-order valence-corrected chi connectivity index (χ2v) is 6.10. The van der Waals surface area contributed by atoms with Crippen LogP contribution in [0, 0.1) is 5.92 Å². The molecule has 0 unspecified atom stereocenters. The van der Waals surface area contributed by atoms with Crippen molar-refractivity contribution in [2.24, 2.45) is 5.92 Å². The molecule has 1 amide bonds. The normalized spacial score (nSPS) is 15.9. The molecule has 1 saturated heterocycles. The van der Waals surface area contributed by atoms with Crippen LogP contribution in [0.2, 0.25) is 0 Å². The number of nitrogens with one attached hydrogen (secondary N) is 1. The molecule has 0 atom stereocenters. The van der Waals surface area contributed by atoms with Gasteiger partial charge in [-0.2, -0.15) is 0 Å². The first kappa shape index (κ1) is 16.5. The summed E-state index contributed by atoms with van der Waals surface area (Å²) in [7, 11) is 0. The van der Waals surface area contributed by atoms with Crippen LogP contribution in [0.15, 0.2) is 12.4 Å². The lowest BCUT2D eigenvalue weighted by Crippen LogP contribution is -2.42. The minimum absolute atomic E-state index is 0.206. The number of carbonyl (C=O) groups excluding carboxylic acids is 1. The number of hydrogen-bond acceptors (Lipinski definition) is 5. The number of ether oxygens (including phenoxy) is 1. The topological polar surface area (TPSA) is 67.3 Å². The van der Waals surface area contributed by atoms with Gasteiger partial charge in [0.2, 0.25) is 0 Å². The predicted octanol–water partition coefficient (Wildman–Crippen LogP) is 2.71. The van der Waals surface area contributed by atoms with Crippen LogP contribution in [0.5, 0.6) is 0 Å². The number of rotatable bonds is 5. The van der Waals surface area contributed by atoms with E-state index >= 15 is 0 Å². The van der Waals surface area contributed by atoms with Crippen molar-refractivity contribution in [3.05, 3.63) is 18.1 Å². The fourth-order valence-corrected chi connectivity index (χ4v) is 2.64. The molecule has 1 aromatic heterocycles. The largest absolute Gasteiger partial charge is 0.450 e. The third-order valence-electron chi connectivity index (χ3n) is 3.71. The lowest BCUT2D eigenvalue weighted by Gasteiger charge is -2.31. The minimum Gasteiger partial charge on any atom is -0.450 e. The van der Waals surface area contributed by atoms with Crippen LogP contribution < -0.4 is 5.32 Å². The zero-order valence-electron chi connectivity index (χ0n) is 13.7. The fourth-order valence-electron chi connectivity index (χ4n) is 2.64. The van der Waals surface area contributed by atoms with E-state index in [1.54, 1.807) is 11.2 Å². The molecule has 0 aliphatic carbocycles. The monoisotopic (exact) mass is 306 g/mol. The molecule has 6 heteroatoms. The maximum absolute atomic E-state index is 11.7. The Hall–Kier alpha value is -1.85. The maximum atomic E-state index is 11.7. The minimum atomic E-state index is -0.206. The second kappa shape index (κ2) is 7.96. The van der Waals surface area contributed by atoms with Gasteiger partial charge in [-0.05, 0) is 32.1 Å². The van der Waals surface area contributed by atoms with Crippen LogP contribution in [0.1, 0.15) is 39.3 Å². The van der Waals surface area contributed by atoms with E-state index in [-0.39, 0.29) is 6.09 Å². The Morgan fingerprint density at radius 3 is 2.77 bits per heavy atom. The van der Waals surface area contributed by atoms with Crippen molar-refractivity contribution in [2.45, 2.75) is 46.1 Å². The van der Waals surface area contributed by atoms with Gasteiger partial charge >= 0.3 is 6.09 Å². The molecule has 1 aliphatic heterocycles. The molecule has 1 fully saturated rings. The number of likely N-dealkylation sites (tertiary alicyclic amines) is 1. The summed E-state index contributed by atoms with van der Waals surface area (Å²) >= 11 is 0. The SMILES string of the molecule is CCOC(=O)N1CCC(Nc2cc(CC(C)C)ncn2)CC1. The van der Waals surface area contributed by atoms with Crippen molar-refractivity contribution in [3.63, 3.8) is 0 Å². The highest BCUT2D eigenvalue weighted by Gasteiger charge is 2.23. The summed E-state index contributed by atoms with van der Waals surface area (Å²) in [6.07, 6.45) is 4.18. The summed E-state index contributed by atoms with van der Waals surface area (Å²) in [6, 6.07) is 2.37. The van der Waals surface area contributed by atoms with Gasteiger partial charge in [0.15, 0.2) is 0 Å². The molecule has 0 bridgehead atoms. The number of aromatic nitrogens is 2. The number of carbonyl (C=O) groups is 1. The first-order chi connectivity index (χ1) is 10.6.